The van der Waals surface area contributed by atoms with Crippen LogP contribution in [0.3, 0.4) is 0 Å². The van der Waals surface area contributed by atoms with Gasteiger partial charge >= 0.3 is 0 Å². The van der Waals surface area contributed by atoms with E-state index in [-0.39, 0.29) is 5.69 Å². The van der Waals surface area contributed by atoms with E-state index >= 15 is 0 Å². The number of rotatable bonds is 4. The normalized spacial score (nSPS) is 13.0. The molecule has 0 saturated carbocycles. The molecule has 0 aliphatic rings. The smallest absolute Gasteiger partial charge is 0.293 e. The summed E-state index contributed by atoms with van der Waals surface area (Å²) in [6, 6.07) is 12.5. The Morgan fingerprint density at radius 2 is 2.00 bits per heavy atom. The Hall–Kier alpha value is -2.38. The Bertz CT molecular complexity index is 784. The highest BCUT2D eigenvalue weighted by Gasteiger charge is 2.13. The molecule has 0 fully saturated rings. The molecule has 2 N–H and O–H groups in total. The minimum atomic E-state index is -2.48. The number of amides is 1. The van der Waals surface area contributed by atoms with Gasteiger partial charge in [-0.1, -0.05) is 30.3 Å². The van der Waals surface area contributed by atoms with Gasteiger partial charge in [-0.05, 0) is 17.7 Å². The number of benzene rings is 1. The maximum absolute atomic E-state index is 12.9. The third kappa shape index (κ3) is 3.63. The monoisotopic (exact) mass is 319 g/mol. The zero-order valence-electron chi connectivity index (χ0n) is 12.3. The highest BCUT2D eigenvalue weighted by molar-refractivity contribution is 8.02. The number of hydroxylamine groups is 1. The molecule has 1 heterocycles. The summed E-state index contributed by atoms with van der Waals surface area (Å²) in [6.45, 7) is 0. The molecule has 1 aromatic heterocycles. The van der Waals surface area contributed by atoms with Crippen molar-refractivity contribution in [3.8, 4) is 0 Å². The number of nitrogens with zero attached hydrogens (tertiary/aromatic N) is 2. The lowest BCUT2D eigenvalue weighted by Crippen LogP contribution is -2.28. The lowest BCUT2D eigenvalue weighted by molar-refractivity contribution is 0.0701. The van der Waals surface area contributed by atoms with Crippen LogP contribution in [0.25, 0.3) is 0 Å². The second kappa shape index (κ2) is 6.59. The molecule has 0 aliphatic carbocycles. The molecule has 6 nitrogen and oxygen atoms in total. The number of pyridine rings is 1. The average molecular weight is 319 g/mol. The average Bonchev–Trinajstić information content (AvgIpc) is 2.54. The number of carbonyl (C=O) groups excluding carboxylic acids is 1. The summed E-state index contributed by atoms with van der Waals surface area (Å²) in [7, 11) is -0.801. The third-order valence-corrected chi connectivity index (χ3v) is 5.15. The van der Waals surface area contributed by atoms with Gasteiger partial charge in [-0.3, -0.25) is 15.0 Å². The Labute approximate surface area is 129 Å². The van der Waals surface area contributed by atoms with Crippen molar-refractivity contribution in [2.75, 3.05) is 17.6 Å². The van der Waals surface area contributed by atoms with Crippen LogP contribution in [0.15, 0.2) is 48.7 Å². The fraction of sp³-hybridized carbons (Fsp3) is 0.133. The molecule has 116 valence electrons. The third-order valence-electron chi connectivity index (χ3n) is 3.14. The van der Waals surface area contributed by atoms with Crippen LogP contribution in [0.4, 0.5) is 5.69 Å². The van der Waals surface area contributed by atoms with Crippen LogP contribution >= 0.6 is 0 Å². The number of nitrogens with one attached hydrogen (secondary N) is 1. The summed E-state index contributed by atoms with van der Waals surface area (Å²) in [5.74, 6) is -0.718. The molecule has 1 amide bonds. The number of aromatic nitrogens is 1. The Balaban J connectivity index is 2.38. The molecular formula is C15H17N3O3S. The predicted molar refractivity (Wildman–Crippen MR) is 87.6 cm³/mol. The van der Waals surface area contributed by atoms with Gasteiger partial charge in [0.25, 0.3) is 5.91 Å². The first-order chi connectivity index (χ1) is 10.4. The van der Waals surface area contributed by atoms with Gasteiger partial charge in [0.1, 0.15) is 5.69 Å². The van der Waals surface area contributed by atoms with Crippen molar-refractivity contribution in [3.05, 3.63) is 59.9 Å². The zero-order chi connectivity index (χ0) is 16.2. The molecule has 22 heavy (non-hydrogen) atoms. The lowest BCUT2D eigenvalue weighted by Gasteiger charge is -2.22. The van der Waals surface area contributed by atoms with E-state index in [0.717, 1.165) is 5.56 Å². The Morgan fingerprint density at radius 3 is 2.64 bits per heavy atom. The second-order valence-electron chi connectivity index (χ2n) is 4.73. The maximum atomic E-state index is 12.9. The van der Waals surface area contributed by atoms with Crippen molar-refractivity contribution >= 4 is 26.7 Å². The van der Waals surface area contributed by atoms with Gasteiger partial charge in [-0.25, -0.2) is 9.69 Å². The van der Waals surface area contributed by atoms with Crippen LogP contribution in [0.2, 0.25) is 0 Å². The molecule has 1 unspecified atom stereocenters. The SMILES string of the molecule is CN(c1ccnc(C(=O)NO)c1)S(C)(=O)=Cc1ccccc1. The Morgan fingerprint density at radius 1 is 1.32 bits per heavy atom. The van der Waals surface area contributed by atoms with Crippen LogP contribution < -0.4 is 9.79 Å². The van der Waals surface area contributed by atoms with Gasteiger partial charge in [0, 0.05) is 24.9 Å². The van der Waals surface area contributed by atoms with Crippen molar-refractivity contribution < 1.29 is 14.2 Å². The molecule has 0 spiro atoms. The Kier molecular flexibility index (Phi) is 4.79. The molecule has 0 aliphatic heterocycles. The molecule has 7 heteroatoms. The quantitative estimate of drug-likeness (QED) is 0.506. The van der Waals surface area contributed by atoms with Crippen LogP contribution in [0.1, 0.15) is 16.1 Å². The minimum absolute atomic E-state index is 0.0433. The number of hydrogen-bond acceptors (Lipinski definition) is 4. The van der Waals surface area contributed by atoms with Gasteiger partial charge in [-0.15, -0.1) is 0 Å². The number of anilines is 1. The van der Waals surface area contributed by atoms with E-state index in [0.29, 0.717) is 5.69 Å². The lowest BCUT2D eigenvalue weighted by atomic mass is 10.2. The zero-order valence-corrected chi connectivity index (χ0v) is 13.1. The first kappa shape index (κ1) is 16.0. The van der Waals surface area contributed by atoms with Crippen LogP contribution in [0.5, 0.6) is 0 Å². The van der Waals surface area contributed by atoms with Gasteiger partial charge in [-0.2, -0.15) is 0 Å². The largest absolute Gasteiger partial charge is 0.302 e. The van der Waals surface area contributed by atoms with Crippen molar-refractivity contribution in [1.82, 2.24) is 10.5 Å². The topological polar surface area (TPSA) is 82.5 Å². The predicted octanol–water partition coefficient (Wildman–Crippen LogP) is 1.32. The summed E-state index contributed by atoms with van der Waals surface area (Å²) in [5.41, 5.74) is 2.98. The molecule has 2 rings (SSSR count). The summed E-state index contributed by atoms with van der Waals surface area (Å²) in [5, 5.41) is 10.3. The van der Waals surface area contributed by atoms with Crippen molar-refractivity contribution in [1.29, 1.82) is 0 Å². The fourth-order valence-corrected chi connectivity index (χ4v) is 3.22. The van der Waals surface area contributed by atoms with E-state index in [2.05, 4.69) is 4.98 Å². The standard InChI is InChI=1S/C15H17N3O3S/c1-18(13-8-9-16-14(10-13)15(19)17-20)22(2,21)11-12-6-4-3-5-7-12/h3-11,20H,1-2H3,(H,17,19). The summed E-state index contributed by atoms with van der Waals surface area (Å²) in [6.07, 6.45) is 3.04. The van der Waals surface area contributed by atoms with Crippen LogP contribution in [-0.4, -0.2) is 39.0 Å². The number of carbonyl (C=O) groups is 1. The first-order valence-electron chi connectivity index (χ1n) is 6.47. The van der Waals surface area contributed by atoms with Gasteiger partial charge in [0.15, 0.2) is 0 Å². The molecule has 0 saturated heterocycles. The molecule has 1 aromatic carbocycles. The highest BCUT2D eigenvalue weighted by Crippen LogP contribution is 2.16. The second-order valence-corrected chi connectivity index (χ2v) is 7.23. The first-order valence-corrected chi connectivity index (χ1v) is 8.46. The van der Waals surface area contributed by atoms with E-state index < -0.39 is 15.6 Å². The fourth-order valence-electron chi connectivity index (χ4n) is 1.87. The van der Waals surface area contributed by atoms with Crippen LogP contribution in [-0.2, 0) is 9.71 Å². The number of hydrogen-bond donors (Lipinski definition) is 2. The molecule has 2 aromatic rings. The molecular weight excluding hydrogens is 302 g/mol. The van der Waals surface area contributed by atoms with Crippen molar-refractivity contribution in [2.45, 2.75) is 0 Å². The van der Waals surface area contributed by atoms with Crippen molar-refractivity contribution in [2.24, 2.45) is 0 Å². The summed E-state index contributed by atoms with van der Waals surface area (Å²) >= 11 is 0. The van der Waals surface area contributed by atoms with Crippen LogP contribution in [0, 0.1) is 0 Å². The maximum Gasteiger partial charge on any atom is 0.293 e. The summed E-state index contributed by atoms with van der Waals surface area (Å²) in [4.78, 5) is 15.3. The molecule has 0 bridgehead atoms. The van der Waals surface area contributed by atoms with E-state index in [4.69, 9.17) is 5.21 Å². The van der Waals surface area contributed by atoms with E-state index in [1.54, 1.807) is 29.0 Å². The van der Waals surface area contributed by atoms with E-state index in [1.165, 1.54) is 17.7 Å². The van der Waals surface area contributed by atoms with Crippen molar-refractivity contribution in [3.63, 3.8) is 0 Å². The summed E-state index contributed by atoms with van der Waals surface area (Å²) < 4.78 is 14.5. The van der Waals surface area contributed by atoms with Gasteiger partial charge < -0.3 is 4.31 Å². The minimum Gasteiger partial charge on any atom is -0.302 e. The van der Waals surface area contributed by atoms with E-state index in [9.17, 15) is 9.00 Å². The van der Waals surface area contributed by atoms with Gasteiger partial charge in [0.2, 0.25) is 0 Å². The molecule has 0 radical (unpaired) electrons. The highest BCUT2D eigenvalue weighted by atomic mass is 32.2. The molecule has 1 atom stereocenters. The van der Waals surface area contributed by atoms with Gasteiger partial charge in [0.05, 0.1) is 15.4 Å². The van der Waals surface area contributed by atoms with E-state index in [1.807, 2.05) is 30.3 Å².